The van der Waals surface area contributed by atoms with Crippen LogP contribution < -0.4 is 0 Å². The van der Waals surface area contributed by atoms with Gasteiger partial charge < -0.3 is 0 Å². The van der Waals surface area contributed by atoms with Gasteiger partial charge in [-0.25, -0.2) is 0 Å². The number of carbonyl (C=O) groups excluding carboxylic acids is 1. The molecule has 0 heterocycles. The van der Waals surface area contributed by atoms with Crippen LogP contribution in [0.15, 0.2) is 53.4 Å². The van der Waals surface area contributed by atoms with E-state index in [-0.39, 0.29) is 11.2 Å². The van der Waals surface area contributed by atoms with Crippen LogP contribution in [0.5, 0.6) is 0 Å². The SMILES string of the molecule is Cc1cccc(SCC(=O)c2ccc(C(C)(C)C)cc2)c1. The summed E-state index contributed by atoms with van der Waals surface area (Å²) in [5, 5.41) is 0. The fourth-order valence-electron chi connectivity index (χ4n) is 2.09. The predicted molar refractivity (Wildman–Crippen MR) is 91.4 cm³/mol. The summed E-state index contributed by atoms with van der Waals surface area (Å²) in [5.74, 6) is 0.667. The van der Waals surface area contributed by atoms with E-state index < -0.39 is 0 Å². The fourth-order valence-corrected chi connectivity index (χ4v) is 3.00. The zero-order chi connectivity index (χ0) is 15.5. The minimum absolute atomic E-state index is 0.123. The lowest BCUT2D eigenvalue weighted by atomic mass is 9.86. The van der Waals surface area contributed by atoms with Crippen molar-refractivity contribution in [2.45, 2.75) is 38.0 Å². The average molecular weight is 298 g/mol. The minimum Gasteiger partial charge on any atom is -0.293 e. The van der Waals surface area contributed by atoms with Gasteiger partial charge in [0.2, 0.25) is 0 Å². The van der Waals surface area contributed by atoms with E-state index in [9.17, 15) is 4.79 Å². The maximum atomic E-state index is 12.2. The normalized spacial score (nSPS) is 11.4. The zero-order valence-corrected chi connectivity index (χ0v) is 14.0. The van der Waals surface area contributed by atoms with Crippen molar-refractivity contribution in [1.29, 1.82) is 0 Å². The number of hydrogen-bond acceptors (Lipinski definition) is 2. The van der Waals surface area contributed by atoms with Crippen LogP contribution >= 0.6 is 11.8 Å². The first-order chi connectivity index (χ1) is 9.86. The topological polar surface area (TPSA) is 17.1 Å². The molecule has 1 nitrogen and oxygen atoms in total. The molecule has 2 heteroatoms. The third-order valence-electron chi connectivity index (χ3n) is 3.43. The molecule has 2 aromatic carbocycles. The molecule has 0 aromatic heterocycles. The number of rotatable bonds is 4. The molecule has 0 spiro atoms. The Bertz CT molecular complexity index is 621. The molecule has 0 saturated heterocycles. The molecule has 0 fully saturated rings. The van der Waals surface area contributed by atoms with Crippen LogP contribution in [0.4, 0.5) is 0 Å². The summed E-state index contributed by atoms with van der Waals surface area (Å²) in [4.78, 5) is 13.4. The smallest absolute Gasteiger partial charge is 0.173 e. The fraction of sp³-hybridized carbons (Fsp3) is 0.316. The first-order valence-electron chi connectivity index (χ1n) is 7.19. The van der Waals surface area contributed by atoms with Crippen molar-refractivity contribution in [1.82, 2.24) is 0 Å². The predicted octanol–water partition coefficient (Wildman–Crippen LogP) is 5.27. The molecular weight excluding hydrogens is 276 g/mol. The van der Waals surface area contributed by atoms with Crippen LogP contribution in [0.2, 0.25) is 0 Å². The van der Waals surface area contributed by atoms with Crippen molar-refractivity contribution in [2.75, 3.05) is 5.75 Å². The van der Waals surface area contributed by atoms with Gasteiger partial charge in [-0.05, 0) is 30.0 Å². The summed E-state index contributed by atoms with van der Waals surface area (Å²) in [6.45, 7) is 8.60. The van der Waals surface area contributed by atoms with Gasteiger partial charge in [-0.15, -0.1) is 11.8 Å². The highest BCUT2D eigenvalue weighted by atomic mass is 32.2. The molecule has 0 aliphatic heterocycles. The Balaban J connectivity index is 2.00. The van der Waals surface area contributed by atoms with Crippen LogP contribution in [-0.2, 0) is 5.41 Å². The van der Waals surface area contributed by atoms with Gasteiger partial charge in [0.25, 0.3) is 0 Å². The number of aryl methyl sites for hydroxylation is 1. The van der Waals surface area contributed by atoms with Gasteiger partial charge in [-0.1, -0.05) is 62.7 Å². The molecule has 0 radical (unpaired) electrons. The molecule has 2 aromatic rings. The van der Waals surface area contributed by atoms with E-state index in [2.05, 4.69) is 52.0 Å². The molecular formula is C19H22OS. The number of hydrogen-bond donors (Lipinski definition) is 0. The molecule has 0 saturated carbocycles. The van der Waals surface area contributed by atoms with Gasteiger partial charge in [0.15, 0.2) is 5.78 Å². The van der Waals surface area contributed by atoms with Crippen molar-refractivity contribution >= 4 is 17.5 Å². The lowest BCUT2D eigenvalue weighted by Gasteiger charge is -2.18. The number of ketones is 1. The van der Waals surface area contributed by atoms with Gasteiger partial charge in [0.05, 0.1) is 5.75 Å². The molecule has 0 amide bonds. The maximum absolute atomic E-state index is 12.2. The Morgan fingerprint density at radius 1 is 1.05 bits per heavy atom. The number of Topliss-reactive ketones (excluding diaryl/α,β-unsaturated/α-hetero) is 1. The lowest BCUT2D eigenvalue weighted by molar-refractivity contribution is 0.102. The third kappa shape index (κ3) is 4.47. The Kier molecular flexibility index (Phi) is 4.89. The van der Waals surface area contributed by atoms with Crippen LogP contribution in [0, 0.1) is 6.92 Å². The Labute approximate surface area is 131 Å². The van der Waals surface area contributed by atoms with Crippen LogP contribution in [0.25, 0.3) is 0 Å². The maximum Gasteiger partial charge on any atom is 0.173 e. The molecule has 0 bridgehead atoms. The van der Waals surface area contributed by atoms with Crippen molar-refractivity contribution in [3.63, 3.8) is 0 Å². The summed E-state index contributed by atoms with van der Waals surface area (Å²) in [7, 11) is 0. The largest absolute Gasteiger partial charge is 0.293 e. The summed E-state index contributed by atoms with van der Waals surface area (Å²) >= 11 is 1.60. The Morgan fingerprint density at radius 3 is 2.29 bits per heavy atom. The quantitative estimate of drug-likeness (QED) is 0.565. The summed E-state index contributed by atoms with van der Waals surface area (Å²) in [6.07, 6.45) is 0. The van der Waals surface area contributed by atoms with Gasteiger partial charge in [-0.3, -0.25) is 4.79 Å². The van der Waals surface area contributed by atoms with Crippen LogP contribution in [0.1, 0.15) is 42.3 Å². The highest BCUT2D eigenvalue weighted by molar-refractivity contribution is 8.00. The third-order valence-corrected chi connectivity index (χ3v) is 4.43. The first-order valence-corrected chi connectivity index (χ1v) is 8.18. The minimum atomic E-state index is 0.123. The Morgan fingerprint density at radius 2 is 1.71 bits per heavy atom. The molecule has 21 heavy (non-hydrogen) atoms. The molecule has 2 rings (SSSR count). The molecule has 0 aliphatic rings. The number of benzene rings is 2. The number of carbonyl (C=O) groups is 1. The standard InChI is InChI=1S/C19H22OS/c1-14-6-5-7-17(12-14)21-13-18(20)15-8-10-16(11-9-15)19(2,3)4/h5-12H,13H2,1-4H3. The van der Waals surface area contributed by atoms with Crippen molar-refractivity contribution < 1.29 is 4.79 Å². The van der Waals surface area contributed by atoms with Crippen molar-refractivity contribution in [2.24, 2.45) is 0 Å². The van der Waals surface area contributed by atoms with Crippen molar-refractivity contribution in [3.05, 3.63) is 65.2 Å². The summed E-state index contributed by atoms with van der Waals surface area (Å²) < 4.78 is 0. The first kappa shape index (κ1) is 15.8. The van der Waals surface area contributed by atoms with E-state index >= 15 is 0 Å². The van der Waals surface area contributed by atoms with E-state index in [0.29, 0.717) is 5.75 Å². The van der Waals surface area contributed by atoms with E-state index in [4.69, 9.17) is 0 Å². The molecule has 110 valence electrons. The van der Waals surface area contributed by atoms with Crippen molar-refractivity contribution in [3.8, 4) is 0 Å². The van der Waals surface area contributed by atoms with E-state index in [0.717, 1.165) is 10.5 Å². The van der Waals surface area contributed by atoms with E-state index in [1.165, 1.54) is 11.1 Å². The number of thioether (sulfide) groups is 1. The molecule has 0 atom stereocenters. The van der Waals surface area contributed by atoms with Gasteiger partial charge >= 0.3 is 0 Å². The van der Waals surface area contributed by atoms with Crippen LogP contribution in [-0.4, -0.2) is 11.5 Å². The molecule has 0 aliphatic carbocycles. The summed E-state index contributed by atoms with van der Waals surface area (Å²) in [5.41, 5.74) is 3.40. The highest BCUT2D eigenvalue weighted by Crippen LogP contribution is 2.24. The second-order valence-corrected chi connectivity index (χ2v) is 7.40. The van der Waals surface area contributed by atoms with Gasteiger partial charge in [-0.2, -0.15) is 0 Å². The Hall–Kier alpha value is -1.54. The molecule has 0 unspecified atom stereocenters. The van der Waals surface area contributed by atoms with E-state index in [1.54, 1.807) is 11.8 Å². The second-order valence-electron chi connectivity index (χ2n) is 6.36. The monoisotopic (exact) mass is 298 g/mol. The van der Waals surface area contributed by atoms with Gasteiger partial charge in [0, 0.05) is 10.5 Å². The average Bonchev–Trinajstić information content (AvgIpc) is 2.44. The summed E-state index contributed by atoms with van der Waals surface area (Å²) in [6, 6.07) is 16.3. The molecule has 0 N–H and O–H groups in total. The van der Waals surface area contributed by atoms with Gasteiger partial charge in [0.1, 0.15) is 0 Å². The van der Waals surface area contributed by atoms with Crippen LogP contribution in [0.3, 0.4) is 0 Å². The zero-order valence-electron chi connectivity index (χ0n) is 13.1. The second kappa shape index (κ2) is 6.48. The van der Waals surface area contributed by atoms with E-state index in [1.807, 2.05) is 24.3 Å². The highest BCUT2D eigenvalue weighted by Gasteiger charge is 2.14. The lowest BCUT2D eigenvalue weighted by Crippen LogP contribution is -2.11.